The van der Waals surface area contributed by atoms with Gasteiger partial charge in [0.1, 0.15) is 16.5 Å². The van der Waals surface area contributed by atoms with Gasteiger partial charge in [0.15, 0.2) is 0 Å². The molecule has 0 aromatic heterocycles. The van der Waals surface area contributed by atoms with E-state index in [0.29, 0.717) is 22.7 Å². The first-order valence-corrected chi connectivity index (χ1v) is 11.5. The van der Waals surface area contributed by atoms with Crippen LogP contribution >= 0.6 is 11.6 Å². The second kappa shape index (κ2) is 9.39. The minimum atomic E-state index is -0.586. The Morgan fingerprint density at radius 2 is 1.43 bits per heavy atom. The van der Waals surface area contributed by atoms with Gasteiger partial charge in [0.25, 0.3) is 11.8 Å². The fraction of sp³-hybridized carbons (Fsp3) is 0.179. The minimum Gasteiger partial charge on any atom is -0.422 e. The Kier molecular flexibility index (Phi) is 6.50. The fourth-order valence-electron chi connectivity index (χ4n) is 3.88. The molecule has 0 fully saturated rings. The normalized spacial score (nSPS) is 13.5. The first-order valence-electron chi connectivity index (χ1n) is 11.1. The number of rotatable bonds is 5. The summed E-state index contributed by atoms with van der Waals surface area (Å²) in [7, 11) is 0. The minimum absolute atomic E-state index is 0.0149. The van der Waals surface area contributed by atoms with Crippen LogP contribution in [0.1, 0.15) is 38.2 Å². The van der Waals surface area contributed by atoms with Crippen molar-refractivity contribution in [1.82, 2.24) is 0 Å². The molecule has 0 unspecified atom stereocenters. The Hall–Kier alpha value is -3.90. The van der Waals surface area contributed by atoms with Crippen molar-refractivity contribution < 1.29 is 19.1 Å². The second-order valence-electron chi connectivity index (χ2n) is 8.60. The molecular formula is C28H25ClN2O4. The molecule has 4 rings (SSSR count). The van der Waals surface area contributed by atoms with Crippen molar-refractivity contribution in [2.24, 2.45) is 0 Å². The van der Waals surface area contributed by atoms with Crippen molar-refractivity contribution in [3.63, 3.8) is 0 Å². The predicted molar refractivity (Wildman–Crippen MR) is 137 cm³/mol. The molecule has 0 saturated carbocycles. The van der Waals surface area contributed by atoms with Gasteiger partial charge in [-0.25, -0.2) is 9.69 Å². The van der Waals surface area contributed by atoms with Crippen LogP contribution < -0.4 is 15.0 Å². The number of amides is 2. The molecule has 35 heavy (non-hydrogen) atoms. The zero-order chi connectivity index (χ0) is 25.4. The van der Waals surface area contributed by atoms with Gasteiger partial charge in [0, 0.05) is 5.69 Å². The highest BCUT2D eigenvalue weighted by Crippen LogP contribution is 2.33. The molecular weight excluding hydrogens is 464 g/mol. The van der Waals surface area contributed by atoms with E-state index in [1.54, 1.807) is 36.4 Å². The summed E-state index contributed by atoms with van der Waals surface area (Å²) in [5.74, 6) is -1.06. The molecule has 0 atom stereocenters. The smallest absolute Gasteiger partial charge is 0.343 e. The van der Waals surface area contributed by atoms with Crippen LogP contribution in [0.2, 0.25) is 0 Å². The zero-order valence-electron chi connectivity index (χ0n) is 20.2. The summed E-state index contributed by atoms with van der Waals surface area (Å²) in [6.07, 6.45) is 0. The molecule has 7 heteroatoms. The number of aryl methyl sites for hydroxylation is 3. The number of benzene rings is 3. The van der Waals surface area contributed by atoms with Crippen LogP contribution in [0.25, 0.3) is 0 Å². The number of carbonyl (C=O) groups excluding carboxylic acids is 3. The average Bonchev–Trinajstić information content (AvgIpc) is 3.04. The molecule has 0 saturated heterocycles. The highest BCUT2D eigenvalue weighted by atomic mass is 35.5. The molecule has 3 aromatic carbocycles. The zero-order valence-corrected chi connectivity index (χ0v) is 20.9. The van der Waals surface area contributed by atoms with Crippen molar-refractivity contribution in [2.45, 2.75) is 34.6 Å². The molecule has 1 N–H and O–H groups in total. The SMILES string of the molecule is Cc1cccc(N2C(=O)C(Cl)=C(Nc3ccc(C(=O)Oc4c(C)ccc(C)c4C)cc3)C2=O)c1C. The van der Waals surface area contributed by atoms with Gasteiger partial charge < -0.3 is 10.1 Å². The van der Waals surface area contributed by atoms with Crippen LogP contribution in [0.5, 0.6) is 5.75 Å². The predicted octanol–water partition coefficient (Wildman–Crippen LogP) is 5.88. The molecule has 0 bridgehead atoms. The van der Waals surface area contributed by atoms with E-state index in [0.717, 1.165) is 32.7 Å². The number of hydrogen-bond donors (Lipinski definition) is 1. The Balaban J connectivity index is 1.52. The molecule has 0 aliphatic carbocycles. The number of anilines is 2. The lowest BCUT2D eigenvalue weighted by Crippen LogP contribution is -2.33. The largest absolute Gasteiger partial charge is 0.422 e. The van der Waals surface area contributed by atoms with Crippen LogP contribution in [0, 0.1) is 34.6 Å². The molecule has 2 amide bonds. The van der Waals surface area contributed by atoms with Crippen LogP contribution in [0.3, 0.4) is 0 Å². The van der Waals surface area contributed by atoms with Crippen molar-refractivity contribution in [1.29, 1.82) is 0 Å². The van der Waals surface area contributed by atoms with Crippen molar-refractivity contribution in [2.75, 3.05) is 10.2 Å². The number of ether oxygens (including phenoxy) is 1. The Bertz CT molecular complexity index is 1410. The third-order valence-electron chi connectivity index (χ3n) is 6.30. The van der Waals surface area contributed by atoms with E-state index < -0.39 is 17.8 Å². The van der Waals surface area contributed by atoms with E-state index in [9.17, 15) is 14.4 Å². The van der Waals surface area contributed by atoms with Gasteiger partial charge in [-0.15, -0.1) is 0 Å². The number of halogens is 1. The third kappa shape index (κ3) is 4.45. The van der Waals surface area contributed by atoms with E-state index in [1.165, 1.54) is 0 Å². The standard InChI is InChI=1S/C28H25ClN2O4/c1-15-7-6-8-22(18(15)4)31-26(32)23(29)24(27(31)33)30-21-13-11-20(12-14-21)28(34)35-25-17(3)10-9-16(2)19(25)5/h6-14,30H,1-5H3. The number of nitrogens with one attached hydrogen (secondary N) is 1. The molecule has 178 valence electrons. The van der Waals surface area contributed by atoms with Crippen LogP contribution in [-0.4, -0.2) is 17.8 Å². The highest BCUT2D eigenvalue weighted by molar-refractivity contribution is 6.53. The van der Waals surface area contributed by atoms with Gasteiger partial charge >= 0.3 is 5.97 Å². The van der Waals surface area contributed by atoms with E-state index in [2.05, 4.69) is 5.32 Å². The molecule has 1 aliphatic heterocycles. The summed E-state index contributed by atoms with van der Waals surface area (Å²) in [6.45, 7) is 9.52. The first-order chi connectivity index (χ1) is 16.6. The maximum absolute atomic E-state index is 13.1. The van der Waals surface area contributed by atoms with E-state index >= 15 is 0 Å². The number of nitrogens with zero attached hydrogens (tertiary/aromatic N) is 1. The lowest BCUT2D eigenvalue weighted by atomic mass is 10.1. The lowest BCUT2D eigenvalue weighted by molar-refractivity contribution is -0.120. The van der Waals surface area contributed by atoms with Crippen molar-refractivity contribution >= 4 is 40.8 Å². The lowest BCUT2D eigenvalue weighted by Gasteiger charge is -2.18. The van der Waals surface area contributed by atoms with Crippen molar-refractivity contribution in [3.8, 4) is 5.75 Å². The summed E-state index contributed by atoms with van der Waals surface area (Å²) in [4.78, 5) is 39.7. The number of hydrogen-bond acceptors (Lipinski definition) is 5. The van der Waals surface area contributed by atoms with Crippen molar-refractivity contribution in [3.05, 3.63) is 98.7 Å². The quantitative estimate of drug-likeness (QED) is 0.275. The van der Waals surface area contributed by atoms with Crippen LogP contribution in [0.15, 0.2) is 65.3 Å². The average molecular weight is 489 g/mol. The molecule has 0 radical (unpaired) electrons. The number of imide groups is 1. The first kappa shape index (κ1) is 24.2. The summed E-state index contributed by atoms with van der Waals surface area (Å²) < 4.78 is 5.65. The maximum atomic E-state index is 13.1. The topological polar surface area (TPSA) is 75.7 Å². The Morgan fingerprint density at radius 1 is 0.800 bits per heavy atom. The Labute approximate surface area is 209 Å². The maximum Gasteiger partial charge on any atom is 0.343 e. The monoisotopic (exact) mass is 488 g/mol. The Morgan fingerprint density at radius 3 is 2.11 bits per heavy atom. The van der Waals surface area contributed by atoms with Gasteiger partial charge in [-0.05, 0) is 92.8 Å². The van der Waals surface area contributed by atoms with Gasteiger partial charge in [-0.1, -0.05) is 35.9 Å². The van der Waals surface area contributed by atoms with Gasteiger partial charge in [-0.3, -0.25) is 9.59 Å². The van der Waals surface area contributed by atoms with Crippen LogP contribution in [0.4, 0.5) is 11.4 Å². The molecule has 1 aliphatic rings. The fourth-order valence-corrected chi connectivity index (χ4v) is 4.09. The van der Waals surface area contributed by atoms with Crippen LogP contribution in [-0.2, 0) is 9.59 Å². The molecule has 3 aromatic rings. The molecule has 6 nitrogen and oxygen atoms in total. The molecule has 0 spiro atoms. The van der Waals surface area contributed by atoms with Gasteiger partial charge in [0.2, 0.25) is 0 Å². The number of esters is 1. The van der Waals surface area contributed by atoms with E-state index in [1.807, 2.05) is 52.8 Å². The van der Waals surface area contributed by atoms with Gasteiger partial charge in [0.05, 0.1) is 11.3 Å². The van der Waals surface area contributed by atoms with E-state index in [4.69, 9.17) is 16.3 Å². The molecule has 1 heterocycles. The highest BCUT2D eigenvalue weighted by Gasteiger charge is 2.39. The summed E-state index contributed by atoms with van der Waals surface area (Å²) in [6, 6.07) is 15.7. The summed E-state index contributed by atoms with van der Waals surface area (Å²) in [5.41, 5.74) is 5.93. The summed E-state index contributed by atoms with van der Waals surface area (Å²) in [5, 5.41) is 2.74. The third-order valence-corrected chi connectivity index (χ3v) is 6.65. The van der Waals surface area contributed by atoms with E-state index in [-0.39, 0.29) is 10.7 Å². The van der Waals surface area contributed by atoms with Gasteiger partial charge in [-0.2, -0.15) is 0 Å². The summed E-state index contributed by atoms with van der Waals surface area (Å²) >= 11 is 6.26. The number of carbonyl (C=O) groups is 3. The second-order valence-corrected chi connectivity index (χ2v) is 8.98.